The molecule has 1 atom stereocenters. The Morgan fingerprint density at radius 3 is 2.64 bits per heavy atom. The number of hydrogen-bond donors (Lipinski definition) is 0. The van der Waals surface area contributed by atoms with Gasteiger partial charge < -0.3 is 9.09 Å². The van der Waals surface area contributed by atoms with E-state index in [2.05, 4.69) is 34.2 Å². The molecule has 0 aliphatic rings. The second kappa shape index (κ2) is 6.31. The number of rotatable bonds is 5. The molecular weight excluding hydrogens is 298 g/mol. The number of benzene rings is 1. The van der Waals surface area contributed by atoms with Crippen LogP contribution in [0.25, 0.3) is 11.4 Å². The standard InChI is InChI=1S/C15H17N5OS/c1-10(2)20-9-16-18-15(20)22-11(3)14-17-13(19-21-14)12-7-5-4-6-8-12/h4-11H,1-3H3. The van der Waals surface area contributed by atoms with Gasteiger partial charge in [-0.1, -0.05) is 47.3 Å². The Morgan fingerprint density at radius 2 is 1.91 bits per heavy atom. The zero-order valence-corrected chi connectivity index (χ0v) is 13.5. The van der Waals surface area contributed by atoms with Crippen molar-refractivity contribution >= 4 is 11.8 Å². The minimum atomic E-state index is 0.00617. The molecule has 3 rings (SSSR count). The molecule has 0 fully saturated rings. The summed E-state index contributed by atoms with van der Waals surface area (Å²) in [5.74, 6) is 1.19. The van der Waals surface area contributed by atoms with Gasteiger partial charge in [-0.2, -0.15) is 4.98 Å². The van der Waals surface area contributed by atoms with Gasteiger partial charge >= 0.3 is 0 Å². The van der Waals surface area contributed by atoms with E-state index in [4.69, 9.17) is 4.52 Å². The maximum Gasteiger partial charge on any atom is 0.240 e. The molecular formula is C15H17N5OS. The molecule has 0 radical (unpaired) electrons. The summed E-state index contributed by atoms with van der Waals surface area (Å²) >= 11 is 1.56. The highest BCUT2D eigenvalue weighted by Crippen LogP contribution is 2.34. The van der Waals surface area contributed by atoms with Crippen LogP contribution in [0.1, 0.15) is 38.0 Å². The molecule has 1 unspecified atom stereocenters. The van der Waals surface area contributed by atoms with Crippen molar-refractivity contribution in [1.29, 1.82) is 0 Å². The molecule has 3 aromatic rings. The summed E-state index contributed by atoms with van der Waals surface area (Å²) in [7, 11) is 0. The molecule has 0 N–H and O–H groups in total. The highest BCUT2D eigenvalue weighted by molar-refractivity contribution is 7.99. The predicted molar refractivity (Wildman–Crippen MR) is 84.4 cm³/mol. The zero-order valence-electron chi connectivity index (χ0n) is 12.7. The monoisotopic (exact) mass is 315 g/mol. The molecule has 0 spiro atoms. The molecule has 2 aromatic heterocycles. The lowest BCUT2D eigenvalue weighted by molar-refractivity contribution is 0.380. The van der Waals surface area contributed by atoms with Crippen molar-refractivity contribution in [1.82, 2.24) is 24.9 Å². The minimum Gasteiger partial charge on any atom is -0.338 e. The van der Waals surface area contributed by atoms with E-state index in [9.17, 15) is 0 Å². The molecule has 114 valence electrons. The molecule has 0 amide bonds. The van der Waals surface area contributed by atoms with Crippen LogP contribution in [-0.4, -0.2) is 24.9 Å². The van der Waals surface area contributed by atoms with E-state index in [1.807, 2.05) is 41.8 Å². The summed E-state index contributed by atoms with van der Waals surface area (Å²) in [6.45, 7) is 6.21. The molecule has 1 aromatic carbocycles. The van der Waals surface area contributed by atoms with E-state index >= 15 is 0 Å². The number of thioether (sulfide) groups is 1. The van der Waals surface area contributed by atoms with E-state index in [-0.39, 0.29) is 5.25 Å². The molecule has 0 saturated heterocycles. The lowest BCUT2D eigenvalue weighted by atomic mass is 10.2. The predicted octanol–water partition coefficient (Wildman–Crippen LogP) is 3.76. The van der Waals surface area contributed by atoms with Crippen LogP contribution in [-0.2, 0) is 0 Å². The van der Waals surface area contributed by atoms with Crippen LogP contribution in [0.2, 0.25) is 0 Å². The van der Waals surface area contributed by atoms with Crippen LogP contribution in [0.15, 0.2) is 46.3 Å². The average Bonchev–Trinajstić information content (AvgIpc) is 3.17. The SMILES string of the molecule is CC(Sc1nncn1C(C)C)c1nc(-c2ccccc2)no1. The average molecular weight is 315 g/mol. The highest BCUT2D eigenvalue weighted by atomic mass is 32.2. The summed E-state index contributed by atoms with van der Waals surface area (Å²) in [4.78, 5) is 4.48. The topological polar surface area (TPSA) is 69.6 Å². The Bertz CT molecular complexity index is 737. The Labute approximate surface area is 133 Å². The van der Waals surface area contributed by atoms with E-state index < -0.39 is 0 Å². The van der Waals surface area contributed by atoms with Crippen molar-refractivity contribution in [2.75, 3.05) is 0 Å². The fraction of sp³-hybridized carbons (Fsp3) is 0.333. The third-order valence-electron chi connectivity index (χ3n) is 3.20. The molecule has 2 heterocycles. The number of hydrogen-bond acceptors (Lipinski definition) is 6. The first kappa shape index (κ1) is 14.8. The lowest BCUT2D eigenvalue weighted by Gasteiger charge is -2.11. The molecule has 0 aliphatic heterocycles. The third kappa shape index (κ3) is 3.04. The highest BCUT2D eigenvalue weighted by Gasteiger charge is 2.19. The van der Waals surface area contributed by atoms with Crippen LogP contribution in [0.4, 0.5) is 0 Å². The third-order valence-corrected chi connectivity index (χ3v) is 4.26. The molecule has 6 nitrogen and oxygen atoms in total. The summed E-state index contributed by atoms with van der Waals surface area (Å²) in [6.07, 6.45) is 1.74. The second-order valence-electron chi connectivity index (χ2n) is 5.20. The fourth-order valence-electron chi connectivity index (χ4n) is 1.98. The van der Waals surface area contributed by atoms with Gasteiger partial charge in [-0.25, -0.2) is 0 Å². The van der Waals surface area contributed by atoms with E-state index in [0.29, 0.717) is 17.8 Å². The quantitative estimate of drug-likeness (QED) is 0.668. The first-order valence-electron chi connectivity index (χ1n) is 7.10. The largest absolute Gasteiger partial charge is 0.338 e. The van der Waals surface area contributed by atoms with Crippen LogP contribution >= 0.6 is 11.8 Å². The minimum absolute atomic E-state index is 0.00617. The Kier molecular flexibility index (Phi) is 4.24. The first-order valence-corrected chi connectivity index (χ1v) is 7.98. The zero-order chi connectivity index (χ0) is 15.5. The second-order valence-corrected chi connectivity index (χ2v) is 6.50. The van der Waals surface area contributed by atoms with Gasteiger partial charge in [0.1, 0.15) is 6.33 Å². The molecule has 22 heavy (non-hydrogen) atoms. The van der Waals surface area contributed by atoms with Gasteiger partial charge in [0.2, 0.25) is 11.7 Å². The van der Waals surface area contributed by atoms with Gasteiger partial charge in [0, 0.05) is 11.6 Å². The normalized spacial score (nSPS) is 12.7. The number of aromatic nitrogens is 5. The Balaban J connectivity index is 1.77. The molecule has 0 saturated carbocycles. The van der Waals surface area contributed by atoms with E-state index in [1.165, 1.54) is 0 Å². The number of nitrogens with zero attached hydrogens (tertiary/aromatic N) is 5. The van der Waals surface area contributed by atoms with Crippen molar-refractivity contribution in [3.8, 4) is 11.4 Å². The summed E-state index contributed by atoms with van der Waals surface area (Å²) < 4.78 is 7.41. The smallest absolute Gasteiger partial charge is 0.240 e. The van der Waals surface area contributed by atoms with Crippen LogP contribution in [0, 0.1) is 0 Å². The van der Waals surface area contributed by atoms with Gasteiger partial charge in [-0.05, 0) is 20.8 Å². The van der Waals surface area contributed by atoms with Gasteiger partial charge in [0.25, 0.3) is 0 Å². The molecule has 0 bridgehead atoms. The van der Waals surface area contributed by atoms with Gasteiger partial charge in [0.05, 0.1) is 5.25 Å². The van der Waals surface area contributed by atoms with Crippen molar-refractivity contribution in [2.45, 2.75) is 37.2 Å². The first-order chi connectivity index (χ1) is 10.6. The summed E-state index contributed by atoms with van der Waals surface area (Å²) in [5, 5.41) is 13.0. The van der Waals surface area contributed by atoms with Crippen LogP contribution in [0.3, 0.4) is 0 Å². The van der Waals surface area contributed by atoms with Crippen LogP contribution in [0.5, 0.6) is 0 Å². The molecule has 7 heteroatoms. The summed E-state index contributed by atoms with van der Waals surface area (Å²) in [6, 6.07) is 10.1. The Hall–Kier alpha value is -2.15. The van der Waals surface area contributed by atoms with Gasteiger partial charge in [-0.3, -0.25) is 0 Å². The van der Waals surface area contributed by atoms with Gasteiger partial charge in [-0.15, -0.1) is 10.2 Å². The van der Waals surface area contributed by atoms with Crippen molar-refractivity contribution in [3.63, 3.8) is 0 Å². The Morgan fingerprint density at radius 1 is 1.14 bits per heavy atom. The maximum atomic E-state index is 5.39. The summed E-state index contributed by atoms with van der Waals surface area (Å²) in [5.41, 5.74) is 0.944. The fourth-order valence-corrected chi connectivity index (χ4v) is 2.97. The van der Waals surface area contributed by atoms with Gasteiger partial charge in [0.15, 0.2) is 5.16 Å². The molecule has 0 aliphatic carbocycles. The van der Waals surface area contributed by atoms with Crippen molar-refractivity contribution in [3.05, 3.63) is 42.5 Å². The van der Waals surface area contributed by atoms with Crippen molar-refractivity contribution < 1.29 is 4.52 Å². The van der Waals surface area contributed by atoms with E-state index in [1.54, 1.807) is 18.1 Å². The van der Waals surface area contributed by atoms with Crippen molar-refractivity contribution in [2.24, 2.45) is 0 Å². The van der Waals surface area contributed by atoms with E-state index in [0.717, 1.165) is 10.7 Å². The maximum absolute atomic E-state index is 5.39. The van der Waals surface area contributed by atoms with Crippen LogP contribution < -0.4 is 0 Å². The lowest BCUT2D eigenvalue weighted by Crippen LogP contribution is -2.02.